The molecule has 1 aliphatic heterocycles. The summed E-state index contributed by atoms with van der Waals surface area (Å²) in [5.41, 5.74) is 1.62. The lowest BCUT2D eigenvalue weighted by Crippen LogP contribution is -2.54. The van der Waals surface area contributed by atoms with Crippen LogP contribution in [-0.2, 0) is 14.4 Å². The molecule has 41 heavy (non-hydrogen) atoms. The van der Waals surface area contributed by atoms with Gasteiger partial charge in [-0.3, -0.25) is 19.7 Å². The Morgan fingerprint density at radius 1 is 1.00 bits per heavy atom. The molecule has 0 spiro atoms. The van der Waals surface area contributed by atoms with Crippen molar-refractivity contribution in [3.63, 3.8) is 0 Å². The Balaban J connectivity index is 1.59. The standard InChI is InChI=1S/C30H28ClN3O7/c1-4-13-40-25-12-10-21(16-26(25)39-3)34-29(37)22(28(36)33-30(34)38)15-19-14-20(31)9-11-24(19)41-17-27(35)32-23-8-6-5-7-18(23)2/h5-12,14-16H,4,13,17H2,1-3H3,(H,32,35)(H,33,36,38)/b22-15-. The summed E-state index contributed by atoms with van der Waals surface area (Å²) in [6.45, 7) is 3.94. The molecular weight excluding hydrogens is 550 g/mol. The number of hydrogen-bond acceptors (Lipinski definition) is 7. The number of hydrogen-bond donors (Lipinski definition) is 2. The molecule has 3 aromatic rings. The molecule has 0 atom stereocenters. The summed E-state index contributed by atoms with van der Waals surface area (Å²) in [5.74, 6) is -1.21. The highest BCUT2D eigenvalue weighted by Crippen LogP contribution is 2.34. The first-order valence-electron chi connectivity index (χ1n) is 12.7. The molecule has 1 saturated heterocycles. The maximum atomic E-state index is 13.5. The van der Waals surface area contributed by atoms with E-state index in [9.17, 15) is 19.2 Å². The molecule has 1 aliphatic rings. The van der Waals surface area contributed by atoms with Crippen LogP contribution in [0.4, 0.5) is 16.2 Å². The summed E-state index contributed by atoms with van der Waals surface area (Å²) in [7, 11) is 1.44. The minimum atomic E-state index is -0.920. The van der Waals surface area contributed by atoms with Crippen molar-refractivity contribution in [2.45, 2.75) is 20.3 Å². The molecule has 5 amide bonds. The zero-order valence-electron chi connectivity index (χ0n) is 22.7. The van der Waals surface area contributed by atoms with Crippen LogP contribution in [0.3, 0.4) is 0 Å². The van der Waals surface area contributed by atoms with E-state index in [0.717, 1.165) is 16.9 Å². The van der Waals surface area contributed by atoms with Crippen LogP contribution in [0.5, 0.6) is 17.2 Å². The van der Waals surface area contributed by atoms with Gasteiger partial charge >= 0.3 is 6.03 Å². The molecule has 0 aromatic heterocycles. The summed E-state index contributed by atoms with van der Waals surface area (Å²) in [6.07, 6.45) is 2.04. The molecule has 1 heterocycles. The number of carbonyl (C=O) groups excluding carboxylic acids is 4. The molecule has 0 radical (unpaired) electrons. The molecule has 1 fully saturated rings. The first kappa shape index (κ1) is 29.2. The van der Waals surface area contributed by atoms with E-state index in [1.54, 1.807) is 24.3 Å². The number of urea groups is 1. The van der Waals surface area contributed by atoms with Gasteiger partial charge in [0.2, 0.25) is 0 Å². The molecule has 0 unspecified atom stereocenters. The molecule has 2 N–H and O–H groups in total. The van der Waals surface area contributed by atoms with Crippen molar-refractivity contribution >= 4 is 52.8 Å². The van der Waals surface area contributed by atoms with Crippen LogP contribution >= 0.6 is 11.6 Å². The number of amides is 5. The number of rotatable bonds is 10. The summed E-state index contributed by atoms with van der Waals surface area (Å²) >= 11 is 6.19. The van der Waals surface area contributed by atoms with Crippen LogP contribution in [0, 0.1) is 6.92 Å². The summed E-state index contributed by atoms with van der Waals surface area (Å²) in [4.78, 5) is 52.3. The fourth-order valence-electron chi connectivity index (χ4n) is 3.98. The predicted molar refractivity (Wildman–Crippen MR) is 155 cm³/mol. The van der Waals surface area contributed by atoms with E-state index in [4.69, 9.17) is 25.8 Å². The molecule has 10 nitrogen and oxygen atoms in total. The van der Waals surface area contributed by atoms with E-state index in [1.165, 1.54) is 37.5 Å². The maximum absolute atomic E-state index is 13.5. The number of imide groups is 2. The van der Waals surface area contributed by atoms with Gasteiger partial charge in [0.25, 0.3) is 17.7 Å². The van der Waals surface area contributed by atoms with Crippen molar-refractivity contribution in [2.24, 2.45) is 0 Å². The van der Waals surface area contributed by atoms with Crippen molar-refractivity contribution in [3.8, 4) is 17.2 Å². The van der Waals surface area contributed by atoms with Crippen LogP contribution in [0.1, 0.15) is 24.5 Å². The Labute approximate surface area is 241 Å². The second kappa shape index (κ2) is 13.0. The van der Waals surface area contributed by atoms with E-state index >= 15 is 0 Å². The average Bonchev–Trinajstić information content (AvgIpc) is 2.95. The van der Waals surface area contributed by atoms with E-state index in [2.05, 4.69) is 10.6 Å². The van der Waals surface area contributed by atoms with Gasteiger partial charge < -0.3 is 19.5 Å². The van der Waals surface area contributed by atoms with Gasteiger partial charge in [-0.2, -0.15) is 0 Å². The summed E-state index contributed by atoms with van der Waals surface area (Å²) < 4.78 is 16.7. The monoisotopic (exact) mass is 577 g/mol. The van der Waals surface area contributed by atoms with Crippen molar-refractivity contribution in [3.05, 3.63) is 82.4 Å². The number of nitrogens with zero attached hydrogens (tertiary/aromatic N) is 1. The fraction of sp³-hybridized carbons (Fsp3) is 0.200. The summed E-state index contributed by atoms with van der Waals surface area (Å²) in [6, 6.07) is 15.5. The van der Waals surface area contributed by atoms with Gasteiger partial charge in [0, 0.05) is 22.3 Å². The van der Waals surface area contributed by atoms with Crippen LogP contribution in [0.25, 0.3) is 6.08 Å². The second-order valence-electron chi connectivity index (χ2n) is 8.98. The van der Waals surface area contributed by atoms with Crippen molar-refractivity contribution in [1.82, 2.24) is 5.32 Å². The van der Waals surface area contributed by atoms with E-state index in [1.807, 2.05) is 26.0 Å². The minimum absolute atomic E-state index is 0.169. The Bertz CT molecular complexity index is 1540. The largest absolute Gasteiger partial charge is 0.493 e. The van der Waals surface area contributed by atoms with E-state index in [0.29, 0.717) is 28.8 Å². The van der Waals surface area contributed by atoms with E-state index < -0.39 is 23.8 Å². The predicted octanol–water partition coefficient (Wildman–Crippen LogP) is 5.13. The smallest absolute Gasteiger partial charge is 0.335 e. The number of halogens is 1. The molecule has 0 saturated carbocycles. The molecule has 0 bridgehead atoms. The van der Waals surface area contributed by atoms with Crippen molar-refractivity contribution in [2.75, 3.05) is 30.5 Å². The van der Waals surface area contributed by atoms with E-state index in [-0.39, 0.29) is 29.2 Å². The van der Waals surface area contributed by atoms with Crippen LogP contribution in [0.2, 0.25) is 5.02 Å². The van der Waals surface area contributed by atoms with Gasteiger partial charge in [-0.25, -0.2) is 9.69 Å². The van der Waals surface area contributed by atoms with Crippen molar-refractivity contribution in [1.29, 1.82) is 0 Å². The Morgan fingerprint density at radius 3 is 2.49 bits per heavy atom. The molecule has 4 rings (SSSR count). The molecular formula is C30H28ClN3O7. The average molecular weight is 578 g/mol. The summed E-state index contributed by atoms with van der Waals surface area (Å²) in [5, 5.41) is 5.26. The number of aryl methyl sites for hydroxylation is 1. The molecule has 0 aliphatic carbocycles. The highest BCUT2D eigenvalue weighted by atomic mass is 35.5. The number of carbonyl (C=O) groups is 4. The highest BCUT2D eigenvalue weighted by molar-refractivity contribution is 6.39. The topological polar surface area (TPSA) is 123 Å². The van der Waals surface area contributed by atoms with Gasteiger partial charge in [-0.15, -0.1) is 0 Å². The van der Waals surface area contributed by atoms with Crippen LogP contribution in [-0.4, -0.2) is 44.1 Å². The first-order chi connectivity index (χ1) is 19.7. The maximum Gasteiger partial charge on any atom is 0.335 e. The van der Waals surface area contributed by atoms with Crippen LogP contribution < -0.4 is 29.7 Å². The number of benzene rings is 3. The highest BCUT2D eigenvalue weighted by Gasteiger charge is 2.37. The zero-order chi connectivity index (χ0) is 29.5. The number of anilines is 2. The SMILES string of the molecule is CCCOc1ccc(N2C(=O)NC(=O)/C(=C/c3cc(Cl)ccc3OCC(=O)Nc3ccccc3C)C2=O)cc1OC. The Morgan fingerprint density at radius 2 is 1.76 bits per heavy atom. The number of ether oxygens (including phenoxy) is 3. The third-order valence-electron chi connectivity index (χ3n) is 6.02. The fourth-order valence-corrected chi connectivity index (χ4v) is 4.16. The Kier molecular flexibility index (Phi) is 9.26. The zero-order valence-corrected chi connectivity index (χ0v) is 23.4. The number of barbiturate groups is 1. The molecule has 3 aromatic carbocycles. The minimum Gasteiger partial charge on any atom is -0.493 e. The van der Waals surface area contributed by atoms with Gasteiger partial charge in [-0.05, 0) is 61.4 Å². The Hall–Kier alpha value is -4.83. The van der Waals surface area contributed by atoms with Gasteiger partial charge in [-0.1, -0.05) is 36.7 Å². The molecule has 11 heteroatoms. The molecule has 212 valence electrons. The van der Waals surface area contributed by atoms with Gasteiger partial charge in [0.1, 0.15) is 11.3 Å². The normalized spacial score (nSPS) is 14.1. The second-order valence-corrected chi connectivity index (χ2v) is 9.41. The van der Waals surface area contributed by atoms with Gasteiger partial charge in [0.05, 0.1) is 19.4 Å². The quantitative estimate of drug-likeness (QED) is 0.253. The lowest BCUT2D eigenvalue weighted by atomic mass is 10.1. The number of methoxy groups -OCH3 is 1. The van der Waals surface area contributed by atoms with Gasteiger partial charge in [0.15, 0.2) is 18.1 Å². The number of para-hydroxylation sites is 1. The lowest BCUT2D eigenvalue weighted by molar-refractivity contribution is -0.122. The third kappa shape index (κ3) is 6.85. The number of nitrogens with one attached hydrogen (secondary N) is 2. The first-order valence-corrected chi connectivity index (χ1v) is 13.1. The van der Waals surface area contributed by atoms with Crippen LogP contribution in [0.15, 0.2) is 66.2 Å². The third-order valence-corrected chi connectivity index (χ3v) is 6.25. The lowest BCUT2D eigenvalue weighted by Gasteiger charge is -2.27. The van der Waals surface area contributed by atoms with Crippen molar-refractivity contribution < 1.29 is 33.4 Å².